The maximum absolute atomic E-state index is 13.0. The Morgan fingerprint density at radius 3 is 3.13 bits per heavy atom. The van der Waals surface area contributed by atoms with E-state index in [0.29, 0.717) is 18.3 Å². The first kappa shape index (κ1) is 8.91. The number of aromatic nitrogens is 1. The van der Waals surface area contributed by atoms with E-state index in [4.69, 9.17) is 10.5 Å². The lowest BCUT2D eigenvalue weighted by Crippen LogP contribution is -2.37. The lowest BCUT2D eigenvalue weighted by atomic mass is 10.2. The lowest BCUT2D eigenvalue weighted by Gasteiger charge is -2.29. The van der Waals surface area contributed by atoms with Crippen molar-refractivity contribution in [2.75, 3.05) is 23.8 Å². The highest BCUT2D eigenvalue weighted by Gasteiger charge is 2.39. The number of nitrogens with two attached hydrogens (primary N) is 1. The summed E-state index contributed by atoms with van der Waals surface area (Å²) in [5.41, 5.74) is 7.07. The number of rotatable bonds is 1. The van der Waals surface area contributed by atoms with Crippen LogP contribution >= 0.6 is 0 Å². The molecule has 15 heavy (non-hydrogen) atoms. The molecule has 2 fully saturated rings. The molecule has 2 aliphatic heterocycles. The molecule has 3 rings (SSSR count). The van der Waals surface area contributed by atoms with Crippen LogP contribution in [0.15, 0.2) is 12.3 Å². The Labute approximate surface area is 86.8 Å². The van der Waals surface area contributed by atoms with Gasteiger partial charge in [-0.3, -0.25) is 0 Å². The zero-order valence-electron chi connectivity index (χ0n) is 8.19. The van der Waals surface area contributed by atoms with E-state index >= 15 is 0 Å². The van der Waals surface area contributed by atoms with Gasteiger partial charge < -0.3 is 15.4 Å². The van der Waals surface area contributed by atoms with Gasteiger partial charge in [0.25, 0.3) is 0 Å². The molecule has 1 aromatic rings. The van der Waals surface area contributed by atoms with Crippen molar-refractivity contribution in [3.63, 3.8) is 0 Å². The van der Waals surface area contributed by atoms with Gasteiger partial charge in [0.1, 0.15) is 0 Å². The molecule has 0 unspecified atom stereocenters. The number of pyridine rings is 1. The Bertz CT molecular complexity index is 398. The van der Waals surface area contributed by atoms with E-state index in [1.54, 1.807) is 0 Å². The van der Waals surface area contributed by atoms with Crippen molar-refractivity contribution in [2.24, 2.45) is 0 Å². The van der Waals surface area contributed by atoms with Crippen molar-refractivity contribution < 1.29 is 9.13 Å². The third-order valence-corrected chi connectivity index (χ3v) is 3.09. The summed E-state index contributed by atoms with van der Waals surface area (Å²) in [4.78, 5) is 5.64. The van der Waals surface area contributed by atoms with Gasteiger partial charge in [-0.15, -0.1) is 0 Å². The van der Waals surface area contributed by atoms with Gasteiger partial charge >= 0.3 is 0 Å². The molecular weight excluding hydrogens is 197 g/mol. The fraction of sp³-hybridized carbons (Fsp3) is 0.500. The summed E-state index contributed by atoms with van der Waals surface area (Å²) >= 11 is 0. The van der Waals surface area contributed by atoms with E-state index in [1.165, 1.54) is 12.3 Å². The molecule has 5 heteroatoms. The number of hydrogen-bond acceptors (Lipinski definition) is 4. The van der Waals surface area contributed by atoms with Crippen LogP contribution in [0, 0.1) is 5.95 Å². The van der Waals surface area contributed by atoms with Crippen molar-refractivity contribution >= 4 is 11.4 Å². The standard InChI is InChI=1S/C10H12FN3O/c11-10-2-9(8(12)3-13-10)14-4-7-1-6(14)5-15-7/h2-3,6-7H,1,4-5,12H2/t6-,7-/m0/s1. The number of morpholine rings is 1. The molecule has 4 nitrogen and oxygen atoms in total. The Hall–Kier alpha value is -1.36. The molecule has 2 aliphatic rings. The third kappa shape index (κ3) is 1.34. The van der Waals surface area contributed by atoms with Crippen molar-refractivity contribution in [1.82, 2.24) is 4.98 Å². The summed E-state index contributed by atoms with van der Waals surface area (Å²) < 4.78 is 18.5. The monoisotopic (exact) mass is 209 g/mol. The predicted octanol–water partition coefficient (Wildman–Crippen LogP) is 0.780. The normalized spacial score (nSPS) is 28.7. The number of nitrogen functional groups attached to an aromatic ring is 1. The maximum atomic E-state index is 13.0. The highest BCUT2D eigenvalue weighted by molar-refractivity contribution is 5.67. The molecule has 2 atom stereocenters. The largest absolute Gasteiger partial charge is 0.396 e. The molecule has 0 aliphatic carbocycles. The third-order valence-electron chi connectivity index (χ3n) is 3.09. The summed E-state index contributed by atoms with van der Waals surface area (Å²) in [5.74, 6) is -0.483. The van der Waals surface area contributed by atoms with Crippen LogP contribution in [-0.2, 0) is 4.74 Å². The Morgan fingerprint density at radius 2 is 2.47 bits per heavy atom. The quantitative estimate of drug-likeness (QED) is 0.694. The van der Waals surface area contributed by atoms with Gasteiger partial charge in [-0.25, -0.2) is 4.98 Å². The van der Waals surface area contributed by atoms with Crippen molar-refractivity contribution in [1.29, 1.82) is 0 Å². The summed E-state index contributed by atoms with van der Waals surface area (Å²) in [7, 11) is 0. The van der Waals surface area contributed by atoms with E-state index in [9.17, 15) is 4.39 Å². The zero-order valence-corrected chi connectivity index (χ0v) is 8.19. The molecule has 0 radical (unpaired) electrons. The first-order chi connectivity index (χ1) is 7.24. The number of nitrogens with zero attached hydrogens (tertiary/aromatic N) is 2. The molecule has 0 amide bonds. The van der Waals surface area contributed by atoms with Crippen LogP contribution in [0.3, 0.4) is 0 Å². The predicted molar refractivity (Wildman–Crippen MR) is 54.1 cm³/mol. The van der Waals surface area contributed by atoms with Crippen LogP contribution in [-0.4, -0.2) is 30.3 Å². The molecule has 80 valence electrons. The van der Waals surface area contributed by atoms with Crippen molar-refractivity contribution in [2.45, 2.75) is 18.6 Å². The van der Waals surface area contributed by atoms with Gasteiger partial charge in [0.2, 0.25) is 5.95 Å². The van der Waals surface area contributed by atoms with Crippen LogP contribution < -0.4 is 10.6 Å². The molecule has 2 N–H and O–H groups in total. The molecule has 2 saturated heterocycles. The highest BCUT2D eigenvalue weighted by Crippen LogP contribution is 2.35. The second kappa shape index (κ2) is 3.06. The molecule has 2 bridgehead atoms. The fourth-order valence-corrected chi connectivity index (χ4v) is 2.37. The number of halogens is 1. The second-order valence-corrected chi connectivity index (χ2v) is 4.06. The Balaban J connectivity index is 1.96. The number of fused-ring (bicyclic) bond motifs is 2. The summed E-state index contributed by atoms with van der Waals surface area (Å²) in [6.45, 7) is 1.52. The zero-order chi connectivity index (χ0) is 10.4. The average molecular weight is 209 g/mol. The van der Waals surface area contributed by atoms with Gasteiger partial charge in [0, 0.05) is 12.6 Å². The van der Waals surface area contributed by atoms with E-state index in [0.717, 1.165) is 18.7 Å². The fourth-order valence-electron chi connectivity index (χ4n) is 2.37. The number of hydrogen-bond donors (Lipinski definition) is 1. The first-order valence-electron chi connectivity index (χ1n) is 5.03. The number of anilines is 2. The Morgan fingerprint density at radius 1 is 1.60 bits per heavy atom. The molecule has 0 spiro atoms. The topological polar surface area (TPSA) is 51.4 Å². The van der Waals surface area contributed by atoms with Gasteiger partial charge in [0.15, 0.2) is 0 Å². The molecular formula is C10H12FN3O. The summed E-state index contributed by atoms with van der Waals surface area (Å²) in [6.07, 6.45) is 2.67. The molecule has 0 aromatic carbocycles. The van der Waals surface area contributed by atoms with Crippen molar-refractivity contribution in [3.8, 4) is 0 Å². The first-order valence-corrected chi connectivity index (χ1v) is 5.03. The minimum atomic E-state index is -0.483. The Kier molecular flexibility index (Phi) is 1.82. The van der Waals surface area contributed by atoms with Gasteiger partial charge in [-0.1, -0.05) is 0 Å². The van der Waals surface area contributed by atoms with E-state index in [1.807, 2.05) is 0 Å². The maximum Gasteiger partial charge on any atom is 0.215 e. The number of ether oxygens (including phenoxy) is 1. The minimum absolute atomic E-state index is 0.283. The molecule has 0 saturated carbocycles. The highest BCUT2D eigenvalue weighted by atomic mass is 19.1. The summed E-state index contributed by atoms with van der Waals surface area (Å²) in [6, 6.07) is 1.75. The van der Waals surface area contributed by atoms with E-state index < -0.39 is 5.95 Å². The molecule has 1 aromatic heterocycles. The summed E-state index contributed by atoms with van der Waals surface area (Å²) in [5, 5.41) is 0. The smallest absolute Gasteiger partial charge is 0.215 e. The average Bonchev–Trinajstić information content (AvgIpc) is 2.83. The van der Waals surface area contributed by atoms with Gasteiger partial charge in [-0.2, -0.15) is 4.39 Å². The van der Waals surface area contributed by atoms with Crippen LogP contribution in [0.2, 0.25) is 0 Å². The minimum Gasteiger partial charge on any atom is -0.396 e. The van der Waals surface area contributed by atoms with E-state index in [2.05, 4.69) is 9.88 Å². The van der Waals surface area contributed by atoms with Gasteiger partial charge in [0.05, 0.1) is 36.3 Å². The molecule has 3 heterocycles. The SMILES string of the molecule is Nc1cnc(F)cc1N1C[C@@H]2C[C@H]1CO2. The van der Waals surface area contributed by atoms with Crippen LogP contribution in [0.5, 0.6) is 0 Å². The lowest BCUT2D eigenvalue weighted by molar-refractivity contribution is 0.0991. The van der Waals surface area contributed by atoms with Gasteiger partial charge in [-0.05, 0) is 6.42 Å². The van der Waals surface area contributed by atoms with Crippen LogP contribution in [0.4, 0.5) is 15.8 Å². The van der Waals surface area contributed by atoms with Crippen molar-refractivity contribution in [3.05, 3.63) is 18.2 Å². The van der Waals surface area contributed by atoms with E-state index in [-0.39, 0.29) is 6.10 Å². The van der Waals surface area contributed by atoms with Crippen LogP contribution in [0.1, 0.15) is 6.42 Å². The van der Waals surface area contributed by atoms with Crippen LogP contribution in [0.25, 0.3) is 0 Å². The second-order valence-electron chi connectivity index (χ2n) is 4.06.